The van der Waals surface area contributed by atoms with Gasteiger partial charge in [0.25, 0.3) is 0 Å². The van der Waals surface area contributed by atoms with Gasteiger partial charge in [0.2, 0.25) is 0 Å². The van der Waals surface area contributed by atoms with Crippen LogP contribution < -0.4 is 9.47 Å². The number of aliphatic carboxylic acids is 1. The molecule has 0 saturated carbocycles. The van der Waals surface area contributed by atoms with Crippen molar-refractivity contribution in [3.8, 4) is 11.5 Å². The molecular weight excluding hydrogens is 314 g/mol. The molecule has 0 heterocycles. The van der Waals surface area contributed by atoms with Crippen molar-refractivity contribution in [3.63, 3.8) is 0 Å². The van der Waals surface area contributed by atoms with E-state index in [4.69, 9.17) is 9.47 Å². The van der Waals surface area contributed by atoms with Crippen LogP contribution >= 0.6 is 0 Å². The van der Waals surface area contributed by atoms with Crippen LogP contribution in [0.15, 0.2) is 42.5 Å². The second-order valence-corrected chi connectivity index (χ2v) is 4.78. The lowest BCUT2D eigenvalue weighted by molar-refractivity contribution is -0.385. The highest BCUT2D eigenvalue weighted by Crippen LogP contribution is 2.30. The molecule has 2 aromatic rings. The lowest BCUT2D eigenvalue weighted by atomic mass is 10.0. The van der Waals surface area contributed by atoms with Gasteiger partial charge in [-0.3, -0.25) is 10.1 Å². The second kappa shape index (κ2) is 7.28. The molecule has 0 radical (unpaired) electrons. The molecule has 124 valence electrons. The van der Waals surface area contributed by atoms with Crippen LogP contribution in [0.1, 0.15) is 11.1 Å². The average molecular weight is 329 g/mol. The molecule has 0 aromatic heterocycles. The Kier molecular flexibility index (Phi) is 5.16. The Bertz CT molecular complexity index is 812. The molecule has 0 aliphatic rings. The Labute approximate surface area is 137 Å². The van der Waals surface area contributed by atoms with Crippen LogP contribution in [0.25, 0.3) is 11.6 Å². The lowest BCUT2D eigenvalue weighted by Gasteiger charge is -2.07. The number of nitrogens with zero attached hydrogens (tertiary/aromatic N) is 1. The number of ether oxygens (including phenoxy) is 2. The number of hydrogen-bond acceptors (Lipinski definition) is 5. The average Bonchev–Trinajstić information content (AvgIpc) is 2.59. The van der Waals surface area contributed by atoms with Crippen molar-refractivity contribution in [1.29, 1.82) is 0 Å². The molecule has 0 atom stereocenters. The molecule has 0 amide bonds. The van der Waals surface area contributed by atoms with Crippen LogP contribution in [0.3, 0.4) is 0 Å². The summed E-state index contributed by atoms with van der Waals surface area (Å²) in [5, 5.41) is 20.5. The molecule has 0 aliphatic carbocycles. The Morgan fingerprint density at radius 3 is 2.50 bits per heavy atom. The molecule has 2 aromatic carbocycles. The highest BCUT2D eigenvalue weighted by atomic mass is 16.6. The summed E-state index contributed by atoms with van der Waals surface area (Å²) in [6.07, 6.45) is 1.36. The van der Waals surface area contributed by atoms with Crippen molar-refractivity contribution >= 4 is 23.3 Å². The van der Waals surface area contributed by atoms with Gasteiger partial charge in [-0.2, -0.15) is 0 Å². The Hall–Kier alpha value is -3.35. The van der Waals surface area contributed by atoms with Crippen LogP contribution in [0.2, 0.25) is 0 Å². The third-order valence-corrected chi connectivity index (χ3v) is 3.32. The SMILES string of the molecule is COc1cccc(/C(=C/c2ccc(OC)c([N+](=O)[O-])c2)C(=O)O)c1. The van der Waals surface area contributed by atoms with Crippen molar-refractivity contribution in [1.82, 2.24) is 0 Å². The van der Waals surface area contributed by atoms with Crippen molar-refractivity contribution in [2.45, 2.75) is 0 Å². The van der Waals surface area contributed by atoms with Gasteiger partial charge in [0.1, 0.15) is 5.75 Å². The fourth-order valence-electron chi connectivity index (χ4n) is 2.17. The smallest absolute Gasteiger partial charge is 0.336 e. The topological polar surface area (TPSA) is 98.9 Å². The van der Waals surface area contributed by atoms with E-state index < -0.39 is 10.9 Å². The van der Waals surface area contributed by atoms with Crippen LogP contribution in [0, 0.1) is 10.1 Å². The number of hydrogen-bond donors (Lipinski definition) is 1. The minimum absolute atomic E-state index is 0.00614. The highest BCUT2D eigenvalue weighted by molar-refractivity contribution is 6.20. The minimum atomic E-state index is -1.15. The van der Waals surface area contributed by atoms with E-state index in [-0.39, 0.29) is 17.0 Å². The molecule has 2 rings (SSSR count). The summed E-state index contributed by atoms with van der Waals surface area (Å²) in [6, 6.07) is 10.8. The van der Waals surface area contributed by atoms with Crippen LogP contribution in [-0.2, 0) is 4.79 Å². The van der Waals surface area contributed by atoms with Gasteiger partial charge in [0, 0.05) is 6.07 Å². The Morgan fingerprint density at radius 2 is 1.92 bits per heavy atom. The number of carboxylic acid groups (broad SMARTS) is 1. The number of nitro benzene ring substituents is 1. The summed E-state index contributed by atoms with van der Waals surface area (Å²) < 4.78 is 10.0. The second-order valence-electron chi connectivity index (χ2n) is 4.78. The molecular formula is C17H15NO6. The van der Waals surface area contributed by atoms with E-state index in [2.05, 4.69) is 0 Å². The number of rotatable bonds is 6. The zero-order valence-corrected chi connectivity index (χ0v) is 13.1. The lowest BCUT2D eigenvalue weighted by Crippen LogP contribution is -2.00. The van der Waals surface area contributed by atoms with Gasteiger partial charge >= 0.3 is 11.7 Å². The molecule has 0 unspecified atom stereocenters. The number of carbonyl (C=O) groups is 1. The van der Waals surface area contributed by atoms with E-state index in [9.17, 15) is 20.0 Å². The van der Waals surface area contributed by atoms with Gasteiger partial charge < -0.3 is 14.6 Å². The third-order valence-electron chi connectivity index (χ3n) is 3.32. The standard InChI is InChI=1S/C17H15NO6/c1-23-13-5-3-4-12(10-13)14(17(19)20)8-11-6-7-16(24-2)15(9-11)18(21)22/h3-10H,1-2H3,(H,19,20)/b14-8-. The Balaban J connectivity index is 2.54. The molecule has 0 spiro atoms. The predicted molar refractivity (Wildman–Crippen MR) is 88.1 cm³/mol. The first-order valence-corrected chi connectivity index (χ1v) is 6.88. The largest absolute Gasteiger partial charge is 0.497 e. The maximum absolute atomic E-state index is 11.6. The zero-order valence-electron chi connectivity index (χ0n) is 13.1. The van der Waals surface area contributed by atoms with Crippen molar-refractivity contribution in [2.24, 2.45) is 0 Å². The fourth-order valence-corrected chi connectivity index (χ4v) is 2.17. The summed E-state index contributed by atoms with van der Waals surface area (Å²) in [5.74, 6) is -0.530. The molecule has 0 aliphatic heterocycles. The summed E-state index contributed by atoms with van der Waals surface area (Å²) in [4.78, 5) is 22.1. The van der Waals surface area contributed by atoms with E-state index in [1.165, 1.54) is 32.4 Å². The summed E-state index contributed by atoms with van der Waals surface area (Å²) >= 11 is 0. The van der Waals surface area contributed by atoms with E-state index >= 15 is 0 Å². The van der Waals surface area contributed by atoms with Crippen molar-refractivity contribution in [2.75, 3.05) is 14.2 Å². The zero-order chi connectivity index (χ0) is 17.7. The van der Waals surface area contributed by atoms with E-state index in [0.717, 1.165) is 0 Å². The van der Waals surface area contributed by atoms with Gasteiger partial charge in [-0.05, 0) is 35.4 Å². The number of methoxy groups -OCH3 is 2. The van der Waals surface area contributed by atoms with E-state index in [1.807, 2.05) is 0 Å². The van der Waals surface area contributed by atoms with Crippen molar-refractivity contribution in [3.05, 3.63) is 63.7 Å². The summed E-state index contributed by atoms with van der Waals surface area (Å²) in [5.41, 5.74) is 0.568. The van der Waals surface area contributed by atoms with Gasteiger partial charge in [-0.15, -0.1) is 0 Å². The number of benzene rings is 2. The fraction of sp³-hybridized carbons (Fsp3) is 0.118. The number of nitro groups is 1. The maximum Gasteiger partial charge on any atom is 0.336 e. The molecule has 24 heavy (non-hydrogen) atoms. The first-order chi connectivity index (χ1) is 11.5. The van der Waals surface area contributed by atoms with Crippen LogP contribution in [0.4, 0.5) is 5.69 Å². The highest BCUT2D eigenvalue weighted by Gasteiger charge is 2.16. The van der Waals surface area contributed by atoms with E-state index in [0.29, 0.717) is 16.9 Å². The first kappa shape index (κ1) is 17.0. The quantitative estimate of drug-likeness (QED) is 0.378. The molecule has 0 bridgehead atoms. The monoisotopic (exact) mass is 329 g/mol. The molecule has 0 saturated heterocycles. The minimum Gasteiger partial charge on any atom is -0.497 e. The van der Waals surface area contributed by atoms with Crippen LogP contribution in [0.5, 0.6) is 11.5 Å². The first-order valence-electron chi connectivity index (χ1n) is 6.88. The maximum atomic E-state index is 11.6. The summed E-state index contributed by atoms with van der Waals surface area (Å²) in [7, 11) is 2.81. The van der Waals surface area contributed by atoms with Crippen molar-refractivity contribution < 1.29 is 24.3 Å². The molecule has 7 nitrogen and oxygen atoms in total. The Morgan fingerprint density at radius 1 is 1.17 bits per heavy atom. The predicted octanol–water partition coefficient (Wildman–Crippen LogP) is 3.24. The van der Waals surface area contributed by atoms with E-state index in [1.54, 1.807) is 30.3 Å². The number of carboxylic acids is 1. The van der Waals surface area contributed by atoms with Gasteiger partial charge in [0.15, 0.2) is 5.75 Å². The molecule has 0 fully saturated rings. The van der Waals surface area contributed by atoms with Gasteiger partial charge in [-0.1, -0.05) is 18.2 Å². The molecule has 7 heteroatoms. The molecule has 1 N–H and O–H groups in total. The third kappa shape index (κ3) is 3.70. The summed E-state index contributed by atoms with van der Waals surface area (Å²) in [6.45, 7) is 0. The van der Waals surface area contributed by atoms with Gasteiger partial charge in [0.05, 0.1) is 24.7 Å². The normalized spacial score (nSPS) is 11.0. The van der Waals surface area contributed by atoms with Crippen LogP contribution in [-0.4, -0.2) is 30.2 Å². The van der Waals surface area contributed by atoms with Gasteiger partial charge in [-0.25, -0.2) is 4.79 Å².